The third-order valence-corrected chi connectivity index (χ3v) is 4.10. The molecule has 0 aliphatic carbocycles. The van der Waals surface area contributed by atoms with Gasteiger partial charge in [-0.3, -0.25) is 10.1 Å². The molecule has 21 heavy (non-hydrogen) atoms. The van der Waals surface area contributed by atoms with Gasteiger partial charge in [0.2, 0.25) is 0 Å². The maximum atomic E-state index is 10.8. The maximum Gasteiger partial charge on any atom is 0.273 e. The lowest BCUT2D eigenvalue weighted by atomic mass is 10.3. The first kappa shape index (κ1) is 15.5. The zero-order valence-corrected chi connectivity index (χ0v) is 13.2. The Bertz CT molecular complexity index is 718. The van der Waals surface area contributed by atoms with E-state index in [1.54, 1.807) is 6.07 Å². The molecular weight excluding hydrogens is 356 g/mol. The first-order valence-corrected chi connectivity index (χ1v) is 7.55. The highest BCUT2D eigenvalue weighted by Crippen LogP contribution is 2.30. The summed E-state index contributed by atoms with van der Waals surface area (Å²) in [4.78, 5) is 12.2. The van der Waals surface area contributed by atoms with Crippen LogP contribution in [0.1, 0.15) is 9.75 Å². The summed E-state index contributed by atoms with van der Waals surface area (Å²) < 4.78 is 6.29. The second-order valence-electron chi connectivity index (χ2n) is 3.93. The molecule has 2 aromatic rings. The predicted molar refractivity (Wildman–Crippen MR) is 85.4 cm³/mol. The van der Waals surface area contributed by atoms with E-state index < -0.39 is 4.92 Å². The van der Waals surface area contributed by atoms with Crippen LogP contribution in [0.3, 0.4) is 0 Å². The van der Waals surface area contributed by atoms with Gasteiger partial charge in [0.15, 0.2) is 0 Å². The van der Waals surface area contributed by atoms with Crippen molar-refractivity contribution in [1.82, 2.24) is 0 Å². The number of nitrogens with zero attached hydrogens (tertiary/aromatic N) is 1. The van der Waals surface area contributed by atoms with Crippen molar-refractivity contribution in [3.8, 4) is 17.6 Å². The quantitative estimate of drug-likeness (QED) is 0.511. The lowest BCUT2D eigenvalue weighted by Crippen LogP contribution is -1.95. The maximum absolute atomic E-state index is 10.8. The number of nitro benzene ring substituents is 1. The van der Waals surface area contributed by atoms with E-state index >= 15 is 0 Å². The minimum Gasteiger partial charge on any atom is -0.487 e. The Labute approximate surface area is 134 Å². The lowest BCUT2D eigenvalue weighted by molar-refractivity contribution is -0.385. The monoisotopic (exact) mass is 366 g/mol. The van der Waals surface area contributed by atoms with Gasteiger partial charge in [-0.05, 0) is 34.1 Å². The number of rotatable bonds is 4. The second-order valence-corrected chi connectivity index (χ2v) is 5.96. The zero-order chi connectivity index (χ0) is 15.2. The molecule has 0 saturated carbocycles. The highest BCUT2D eigenvalue weighted by atomic mass is 79.9. The summed E-state index contributed by atoms with van der Waals surface area (Å²) in [5.74, 6) is 6.17. The van der Waals surface area contributed by atoms with E-state index in [4.69, 9.17) is 10.5 Å². The van der Waals surface area contributed by atoms with Crippen LogP contribution in [-0.4, -0.2) is 11.5 Å². The van der Waals surface area contributed by atoms with E-state index in [1.807, 2.05) is 12.1 Å². The number of nitro groups is 1. The van der Waals surface area contributed by atoms with Crippen molar-refractivity contribution in [3.63, 3.8) is 0 Å². The lowest BCUT2D eigenvalue weighted by Gasteiger charge is -2.06. The first-order valence-electron chi connectivity index (χ1n) is 5.94. The first-order chi connectivity index (χ1) is 10.1. The normalized spacial score (nSPS) is 9.81. The Morgan fingerprint density at radius 1 is 1.38 bits per heavy atom. The van der Waals surface area contributed by atoms with Crippen molar-refractivity contribution in [2.24, 2.45) is 5.73 Å². The standard InChI is InChI=1S/C14H11BrN2O3S/c15-13-6-3-10(17(18)19)8-14(13)20-9-12-5-4-11(21-12)2-1-7-16/h3-6,8H,7,9,16H2. The van der Waals surface area contributed by atoms with Gasteiger partial charge in [-0.2, -0.15) is 0 Å². The third kappa shape index (κ3) is 4.29. The van der Waals surface area contributed by atoms with Crippen molar-refractivity contribution in [2.45, 2.75) is 6.61 Å². The molecule has 1 aromatic heterocycles. The number of benzene rings is 1. The molecule has 0 amide bonds. The van der Waals surface area contributed by atoms with Crippen LogP contribution in [0, 0.1) is 22.0 Å². The smallest absolute Gasteiger partial charge is 0.273 e. The molecule has 0 fully saturated rings. The largest absolute Gasteiger partial charge is 0.487 e. The summed E-state index contributed by atoms with van der Waals surface area (Å²) >= 11 is 4.82. The Hall–Kier alpha value is -1.88. The number of non-ortho nitro benzene ring substituents is 1. The molecule has 0 aliphatic heterocycles. The number of thiophene rings is 1. The van der Waals surface area contributed by atoms with Gasteiger partial charge >= 0.3 is 0 Å². The van der Waals surface area contributed by atoms with E-state index in [1.165, 1.54) is 23.5 Å². The zero-order valence-electron chi connectivity index (χ0n) is 10.8. The molecule has 0 saturated heterocycles. The molecule has 1 heterocycles. The molecule has 2 rings (SSSR count). The van der Waals surface area contributed by atoms with Crippen LogP contribution in [0.4, 0.5) is 5.69 Å². The third-order valence-electron chi connectivity index (χ3n) is 2.47. The van der Waals surface area contributed by atoms with Crippen LogP contribution in [-0.2, 0) is 6.61 Å². The van der Waals surface area contributed by atoms with E-state index in [0.717, 1.165) is 9.75 Å². The predicted octanol–water partition coefficient (Wildman–Crippen LogP) is 3.31. The average Bonchev–Trinajstić information content (AvgIpc) is 2.92. The Kier molecular flexibility index (Phi) is 5.33. The topological polar surface area (TPSA) is 78.4 Å². The molecule has 108 valence electrons. The molecule has 0 aliphatic rings. The van der Waals surface area contributed by atoms with E-state index in [0.29, 0.717) is 23.4 Å². The van der Waals surface area contributed by atoms with E-state index in [2.05, 4.69) is 27.8 Å². The van der Waals surface area contributed by atoms with Gasteiger partial charge < -0.3 is 10.5 Å². The SMILES string of the molecule is NCC#Cc1ccc(COc2cc([N+](=O)[O-])ccc2Br)s1. The van der Waals surface area contributed by atoms with Gasteiger partial charge in [-0.1, -0.05) is 11.8 Å². The molecule has 5 nitrogen and oxygen atoms in total. The minimum absolute atomic E-state index is 0.00567. The molecule has 0 spiro atoms. The number of hydrogen-bond acceptors (Lipinski definition) is 5. The Morgan fingerprint density at radius 3 is 2.90 bits per heavy atom. The Morgan fingerprint density at radius 2 is 2.19 bits per heavy atom. The fraction of sp³-hybridized carbons (Fsp3) is 0.143. The van der Waals surface area contributed by atoms with Crippen LogP contribution in [0.25, 0.3) is 0 Å². The number of ether oxygens (including phenoxy) is 1. The van der Waals surface area contributed by atoms with Gasteiger partial charge in [-0.25, -0.2) is 0 Å². The fourth-order valence-electron chi connectivity index (χ4n) is 1.53. The van der Waals surface area contributed by atoms with Crippen LogP contribution in [0.2, 0.25) is 0 Å². The molecule has 2 N–H and O–H groups in total. The minimum atomic E-state index is -0.453. The van der Waals surface area contributed by atoms with Gasteiger partial charge in [-0.15, -0.1) is 11.3 Å². The molecule has 0 atom stereocenters. The number of hydrogen-bond donors (Lipinski definition) is 1. The van der Waals surface area contributed by atoms with Gasteiger partial charge in [0, 0.05) is 10.9 Å². The highest BCUT2D eigenvalue weighted by molar-refractivity contribution is 9.10. The van der Waals surface area contributed by atoms with Gasteiger partial charge in [0.25, 0.3) is 5.69 Å². The molecule has 1 aromatic carbocycles. The van der Waals surface area contributed by atoms with Crippen molar-refractivity contribution in [2.75, 3.05) is 6.54 Å². The van der Waals surface area contributed by atoms with Crippen molar-refractivity contribution >= 4 is 33.0 Å². The fourth-order valence-corrected chi connectivity index (χ4v) is 2.68. The highest BCUT2D eigenvalue weighted by Gasteiger charge is 2.11. The molecule has 7 heteroatoms. The Balaban J connectivity index is 2.07. The number of nitrogens with two attached hydrogens (primary N) is 1. The van der Waals surface area contributed by atoms with E-state index in [9.17, 15) is 10.1 Å². The molecular formula is C14H11BrN2O3S. The van der Waals surface area contributed by atoms with Gasteiger partial charge in [0.05, 0.1) is 26.9 Å². The van der Waals surface area contributed by atoms with Crippen molar-refractivity contribution in [1.29, 1.82) is 0 Å². The summed E-state index contributed by atoms with van der Waals surface area (Å²) in [6.07, 6.45) is 0. The van der Waals surface area contributed by atoms with Crippen molar-refractivity contribution < 1.29 is 9.66 Å². The van der Waals surface area contributed by atoms with Crippen LogP contribution >= 0.6 is 27.3 Å². The summed E-state index contributed by atoms with van der Waals surface area (Å²) in [6, 6.07) is 8.22. The molecule has 0 bridgehead atoms. The summed E-state index contributed by atoms with van der Waals surface area (Å²) in [6.45, 7) is 0.652. The summed E-state index contributed by atoms with van der Waals surface area (Å²) in [5, 5.41) is 10.8. The van der Waals surface area contributed by atoms with Crippen molar-refractivity contribution in [3.05, 3.63) is 54.7 Å². The van der Waals surface area contributed by atoms with Crippen LogP contribution in [0.15, 0.2) is 34.8 Å². The second kappa shape index (κ2) is 7.22. The average molecular weight is 367 g/mol. The molecule has 0 unspecified atom stereocenters. The summed E-state index contributed by atoms with van der Waals surface area (Å²) in [7, 11) is 0. The van der Waals surface area contributed by atoms with Crippen LogP contribution in [0.5, 0.6) is 5.75 Å². The number of halogens is 1. The van der Waals surface area contributed by atoms with Crippen LogP contribution < -0.4 is 10.5 Å². The van der Waals surface area contributed by atoms with Gasteiger partial charge in [0.1, 0.15) is 12.4 Å². The molecule has 0 radical (unpaired) electrons. The summed E-state index contributed by atoms with van der Waals surface area (Å²) in [5.41, 5.74) is 5.31. The van der Waals surface area contributed by atoms with E-state index in [-0.39, 0.29) is 5.69 Å².